The molecule has 0 unspecified atom stereocenters. The molecule has 0 aromatic carbocycles. The molecule has 7 nitrogen and oxygen atoms in total. The maximum atomic E-state index is 12.6. The Bertz CT molecular complexity index is 639. The SMILES string of the molecule is Cc1noc(C)c1CC(=O)N1CCC(C(=O)NCC(C)(C)CN(C)C)CC1. The summed E-state index contributed by atoms with van der Waals surface area (Å²) in [6.45, 7) is 10.8. The van der Waals surface area contributed by atoms with Crippen LogP contribution in [-0.4, -0.2) is 67.0 Å². The first-order valence-corrected chi connectivity index (χ1v) is 9.71. The predicted molar refractivity (Wildman–Crippen MR) is 104 cm³/mol. The number of carbonyl (C=O) groups excluding carboxylic acids is 2. The first kappa shape index (κ1) is 21.4. The van der Waals surface area contributed by atoms with Gasteiger partial charge in [0.1, 0.15) is 5.76 Å². The van der Waals surface area contributed by atoms with Gasteiger partial charge in [-0.15, -0.1) is 0 Å². The molecule has 0 radical (unpaired) electrons. The van der Waals surface area contributed by atoms with Gasteiger partial charge in [0.15, 0.2) is 0 Å². The van der Waals surface area contributed by atoms with Crippen molar-refractivity contribution in [1.82, 2.24) is 20.3 Å². The Hall–Kier alpha value is -1.89. The summed E-state index contributed by atoms with van der Waals surface area (Å²) in [5.74, 6) is 0.883. The molecular formula is C20H34N4O3. The largest absolute Gasteiger partial charge is 0.361 e. The summed E-state index contributed by atoms with van der Waals surface area (Å²) in [4.78, 5) is 29.0. The molecule has 2 amide bonds. The molecule has 1 fully saturated rings. The first-order valence-electron chi connectivity index (χ1n) is 9.71. The molecule has 1 saturated heterocycles. The maximum Gasteiger partial charge on any atom is 0.227 e. The minimum atomic E-state index is -0.0109. The lowest BCUT2D eigenvalue weighted by Crippen LogP contribution is -2.46. The standard InChI is InChI=1S/C20H34N4O3/c1-14-17(15(2)27-22-14)11-18(25)24-9-7-16(8-10-24)19(26)21-12-20(3,4)13-23(5)6/h16H,7-13H2,1-6H3,(H,21,26). The number of rotatable bonds is 7. The number of aromatic nitrogens is 1. The highest BCUT2D eigenvalue weighted by Crippen LogP contribution is 2.21. The fourth-order valence-electron chi connectivity index (χ4n) is 3.79. The second-order valence-electron chi connectivity index (χ2n) is 8.75. The van der Waals surface area contributed by atoms with Crippen molar-refractivity contribution in [1.29, 1.82) is 0 Å². The van der Waals surface area contributed by atoms with Crippen molar-refractivity contribution in [3.8, 4) is 0 Å². The topological polar surface area (TPSA) is 78.7 Å². The Labute approximate surface area is 162 Å². The molecule has 1 aliphatic rings. The van der Waals surface area contributed by atoms with Crippen LogP contribution in [0.1, 0.15) is 43.7 Å². The van der Waals surface area contributed by atoms with Crippen molar-refractivity contribution < 1.29 is 14.1 Å². The number of likely N-dealkylation sites (tertiary alicyclic amines) is 1. The van der Waals surface area contributed by atoms with E-state index >= 15 is 0 Å². The number of hydrogen-bond donors (Lipinski definition) is 1. The number of nitrogens with one attached hydrogen (secondary N) is 1. The van der Waals surface area contributed by atoms with Gasteiger partial charge in [0.25, 0.3) is 0 Å². The van der Waals surface area contributed by atoms with Gasteiger partial charge in [-0.25, -0.2) is 0 Å². The van der Waals surface area contributed by atoms with Crippen molar-refractivity contribution in [2.24, 2.45) is 11.3 Å². The van der Waals surface area contributed by atoms with Gasteiger partial charge in [-0.05, 0) is 46.2 Å². The van der Waals surface area contributed by atoms with E-state index in [1.54, 1.807) is 0 Å². The number of aryl methyl sites for hydroxylation is 2. The minimum Gasteiger partial charge on any atom is -0.361 e. The van der Waals surface area contributed by atoms with Gasteiger partial charge in [0.05, 0.1) is 12.1 Å². The molecule has 0 spiro atoms. The Morgan fingerprint density at radius 1 is 1.26 bits per heavy atom. The predicted octanol–water partition coefficient (Wildman–Crippen LogP) is 1.78. The van der Waals surface area contributed by atoms with Crippen molar-refractivity contribution >= 4 is 11.8 Å². The van der Waals surface area contributed by atoms with E-state index < -0.39 is 0 Å². The lowest BCUT2D eigenvalue weighted by atomic mass is 9.91. The zero-order valence-electron chi connectivity index (χ0n) is 17.6. The molecule has 7 heteroatoms. The van der Waals surface area contributed by atoms with Gasteiger partial charge in [0, 0.05) is 37.7 Å². The van der Waals surface area contributed by atoms with Crippen molar-refractivity contribution in [2.75, 3.05) is 40.3 Å². The highest BCUT2D eigenvalue weighted by atomic mass is 16.5. The normalized spacial score (nSPS) is 16.0. The minimum absolute atomic E-state index is 0.0109. The molecule has 0 saturated carbocycles. The molecule has 1 aliphatic heterocycles. The molecule has 2 heterocycles. The van der Waals surface area contributed by atoms with Crippen molar-refractivity contribution in [3.63, 3.8) is 0 Å². The van der Waals surface area contributed by atoms with Crippen LogP contribution in [0.2, 0.25) is 0 Å². The smallest absolute Gasteiger partial charge is 0.227 e. The fourth-order valence-corrected chi connectivity index (χ4v) is 3.79. The van der Waals surface area contributed by atoms with E-state index in [9.17, 15) is 9.59 Å². The molecule has 27 heavy (non-hydrogen) atoms. The van der Waals surface area contributed by atoms with Gasteiger partial charge < -0.3 is 19.6 Å². The van der Waals surface area contributed by atoms with Crippen LogP contribution in [0.25, 0.3) is 0 Å². The van der Waals surface area contributed by atoms with Crippen LogP contribution < -0.4 is 5.32 Å². The van der Waals surface area contributed by atoms with Gasteiger partial charge in [-0.3, -0.25) is 9.59 Å². The maximum absolute atomic E-state index is 12.6. The summed E-state index contributed by atoms with van der Waals surface area (Å²) in [6, 6.07) is 0. The van der Waals surface area contributed by atoms with Crippen LogP contribution >= 0.6 is 0 Å². The fraction of sp³-hybridized carbons (Fsp3) is 0.750. The van der Waals surface area contributed by atoms with Crippen LogP contribution in [0, 0.1) is 25.2 Å². The van der Waals surface area contributed by atoms with E-state index in [1.807, 2.05) is 32.8 Å². The molecule has 1 aromatic heterocycles. The lowest BCUT2D eigenvalue weighted by Gasteiger charge is -2.33. The zero-order valence-corrected chi connectivity index (χ0v) is 17.6. The number of hydrogen-bond acceptors (Lipinski definition) is 5. The van der Waals surface area contributed by atoms with E-state index in [1.165, 1.54) is 0 Å². The number of nitrogens with zero attached hydrogens (tertiary/aromatic N) is 3. The zero-order chi connectivity index (χ0) is 20.2. The highest BCUT2D eigenvalue weighted by molar-refractivity contribution is 5.81. The van der Waals surface area contributed by atoms with Gasteiger partial charge in [-0.1, -0.05) is 19.0 Å². The monoisotopic (exact) mass is 378 g/mol. The quantitative estimate of drug-likeness (QED) is 0.782. The average Bonchev–Trinajstić information content (AvgIpc) is 2.90. The summed E-state index contributed by atoms with van der Waals surface area (Å²) in [7, 11) is 4.08. The summed E-state index contributed by atoms with van der Waals surface area (Å²) in [6.07, 6.45) is 1.75. The lowest BCUT2D eigenvalue weighted by molar-refractivity contribution is -0.135. The van der Waals surface area contributed by atoms with E-state index in [0.29, 0.717) is 44.7 Å². The number of piperidine rings is 1. The Morgan fingerprint density at radius 2 is 1.89 bits per heavy atom. The van der Waals surface area contributed by atoms with E-state index in [-0.39, 0.29) is 23.1 Å². The molecule has 1 aromatic rings. The Kier molecular flexibility index (Phi) is 7.03. The highest BCUT2D eigenvalue weighted by Gasteiger charge is 2.29. The summed E-state index contributed by atoms with van der Waals surface area (Å²) in [5.41, 5.74) is 1.68. The second kappa shape index (κ2) is 8.87. The Morgan fingerprint density at radius 3 is 2.41 bits per heavy atom. The molecule has 0 aliphatic carbocycles. The molecule has 1 N–H and O–H groups in total. The molecule has 2 rings (SSSR count). The van der Waals surface area contributed by atoms with Crippen LogP contribution in [0.3, 0.4) is 0 Å². The third kappa shape index (κ3) is 6.06. The molecule has 0 bridgehead atoms. The Balaban J connectivity index is 1.79. The van der Waals surface area contributed by atoms with E-state index in [4.69, 9.17) is 4.52 Å². The summed E-state index contributed by atoms with van der Waals surface area (Å²) in [5, 5.41) is 7.01. The van der Waals surface area contributed by atoms with Crippen LogP contribution in [0.5, 0.6) is 0 Å². The van der Waals surface area contributed by atoms with Gasteiger partial charge in [-0.2, -0.15) is 0 Å². The summed E-state index contributed by atoms with van der Waals surface area (Å²) >= 11 is 0. The van der Waals surface area contributed by atoms with Crippen molar-refractivity contribution in [3.05, 3.63) is 17.0 Å². The van der Waals surface area contributed by atoms with Crippen LogP contribution in [0.15, 0.2) is 4.52 Å². The van der Waals surface area contributed by atoms with Crippen molar-refractivity contribution in [2.45, 2.75) is 47.0 Å². The van der Waals surface area contributed by atoms with Gasteiger partial charge >= 0.3 is 0 Å². The summed E-state index contributed by atoms with van der Waals surface area (Å²) < 4.78 is 5.13. The van der Waals surface area contributed by atoms with Crippen LogP contribution in [0.4, 0.5) is 0 Å². The number of carbonyl (C=O) groups is 2. The third-order valence-corrected chi connectivity index (χ3v) is 5.21. The van der Waals surface area contributed by atoms with Crippen LogP contribution in [-0.2, 0) is 16.0 Å². The second-order valence-corrected chi connectivity index (χ2v) is 8.75. The molecular weight excluding hydrogens is 344 g/mol. The first-order chi connectivity index (χ1) is 12.6. The molecule has 0 atom stereocenters. The van der Waals surface area contributed by atoms with Gasteiger partial charge in [0.2, 0.25) is 11.8 Å². The third-order valence-electron chi connectivity index (χ3n) is 5.21. The van der Waals surface area contributed by atoms with E-state index in [0.717, 1.165) is 17.8 Å². The number of amides is 2. The average molecular weight is 379 g/mol. The molecule has 152 valence electrons. The van der Waals surface area contributed by atoms with E-state index in [2.05, 4.69) is 29.2 Å².